The Kier molecular flexibility index (Phi) is 2.96. The van der Waals surface area contributed by atoms with Gasteiger partial charge in [-0.3, -0.25) is 4.79 Å². The molecular formula is C19H28O2. The van der Waals surface area contributed by atoms with Crippen LogP contribution in [0.3, 0.4) is 0 Å². The number of Topliss-reactive ketones (excluding diaryl/α,β-unsaturated/α-hetero) is 1. The molecule has 0 amide bonds. The van der Waals surface area contributed by atoms with Gasteiger partial charge in [-0.15, -0.1) is 0 Å². The zero-order valence-corrected chi connectivity index (χ0v) is 13.4. The van der Waals surface area contributed by atoms with Crippen molar-refractivity contribution in [2.24, 2.45) is 28.6 Å². The van der Waals surface area contributed by atoms with Crippen molar-refractivity contribution in [2.75, 3.05) is 0 Å². The van der Waals surface area contributed by atoms with E-state index in [1.165, 1.54) is 12.0 Å². The van der Waals surface area contributed by atoms with Crippen molar-refractivity contribution in [3.8, 4) is 0 Å². The Balaban J connectivity index is 1.69. The van der Waals surface area contributed by atoms with Crippen molar-refractivity contribution in [1.82, 2.24) is 0 Å². The Bertz CT molecular complexity index is 508. The fourth-order valence-corrected chi connectivity index (χ4v) is 6.41. The van der Waals surface area contributed by atoms with Gasteiger partial charge in [0.2, 0.25) is 0 Å². The molecule has 2 unspecified atom stereocenters. The van der Waals surface area contributed by atoms with Crippen molar-refractivity contribution < 1.29 is 9.90 Å². The first kappa shape index (κ1) is 14.0. The molecule has 116 valence electrons. The summed E-state index contributed by atoms with van der Waals surface area (Å²) in [5.41, 5.74) is 1.81. The average Bonchev–Trinajstić information content (AvgIpc) is 2.76. The van der Waals surface area contributed by atoms with Crippen molar-refractivity contribution >= 4 is 5.78 Å². The predicted molar refractivity (Wildman–Crippen MR) is 82.7 cm³/mol. The van der Waals surface area contributed by atoms with E-state index < -0.39 is 0 Å². The normalized spacial score (nSPS) is 52.7. The molecule has 0 spiro atoms. The molecule has 21 heavy (non-hydrogen) atoms. The summed E-state index contributed by atoms with van der Waals surface area (Å²) in [6.07, 6.45) is 10.7. The van der Waals surface area contributed by atoms with Gasteiger partial charge in [-0.25, -0.2) is 0 Å². The van der Waals surface area contributed by atoms with E-state index in [-0.39, 0.29) is 11.5 Å². The van der Waals surface area contributed by atoms with Crippen LogP contribution in [-0.4, -0.2) is 17.0 Å². The van der Waals surface area contributed by atoms with Crippen molar-refractivity contribution in [3.63, 3.8) is 0 Å². The molecule has 3 saturated carbocycles. The maximum atomic E-state index is 12.4. The second-order valence-corrected chi connectivity index (χ2v) is 8.57. The zero-order valence-electron chi connectivity index (χ0n) is 13.4. The summed E-state index contributed by atoms with van der Waals surface area (Å²) < 4.78 is 0. The summed E-state index contributed by atoms with van der Waals surface area (Å²) in [5, 5.41) is 10.00. The number of allylic oxidation sites excluding steroid dienone is 1. The van der Waals surface area contributed by atoms with Gasteiger partial charge in [-0.05, 0) is 68.1 Å². The second-order valence-electron chi connectivity index (χ2n) is 8.57. The van der Waals surface area contributed by atoms with Crippen LogP contribution in [0.2, 0.25) is 0 Å². The van der Waals surface area contributed by atoms with Crippen LogP contribution >= 0.6 is 0 Å². The number of fused-ring (bicyclic) bond motifs is 5. The Labute approximate surface area is 128 Å². The third-order valence-corrected chi connectivity index (χ3v) is 7.79. The molecule has 3 fully saturated rings. The lowest BCUT2D eigenvalue weighted by Crippen LogP contribution is -2.50. The summed E-state index contributed by atoms with van der Waals surface area (Å²) in [4.78, 5) is 12.4. The van der Waals surface area contributed by atoms with Crippen LogP contribution in [0, 0.1) is 28.6 Å². The van der Waals surface area contributed by atoms with Crippen molar-refractivity contribution in [2.45, 2.75) is 71.3 Å². The summed E-state index contributed by atoms with van der Waals surface area (Å²) in [5.74, 6) is 2.60. The topological polar surface area (TPSA) is 37.3 Å². The minimum Gasteiger partial charge on any atom is -0.393 e. The van der Waals surface area contributed by atoms with Crippen molar-refractivity contribution in [3.05, 3.63) is 11.6 Å². The van der Waals surface area contributed by atoms with Gasteiger partial charge in [0.05, 0.1) is 6.10 Å². The Hall–Kier alpha value is -0.630. The predicted octanol–water partition coefficient (Wildman–Crippen LogP) is 3.88. The fourth-order valence-electron chi connectivity index (χ4n) is 6.41. The number of ketones is 1. The lowest BCUT2D eigenvalue weighted by Gasteiger charge is -2.56. The van der Waals surface area contributed by atoms with Crippen LogP contribution in [-0.2, 0) is 4.79 Å². The smallest absolute Gasteiger partial charge is 0.139 e. The molecule has 0 aromatic rings. The number of hydrogen-bond donors (Lipinski definition) is 1. The van der Waals surface area contributed by atoms with Crippen LogP contribution in [0.4, 0.5) is 0 Å². The molecule has 2 heteroatoms. The van der Waals surface area contributed by atoms with E-state index >= 15 is 0 Å². The van der Waals surface area contributed by atoms with E-state index in [0.29, 0.717) is 23.0 Å². The first-order valence-corrected chi connectivity index (χ1v) is 8.86. The zero-order chi connectivity index (χ0) is 14.8. The molecule has 0 aliphatic heterocycles. The molecule has 1 N–H and O–H groups in total. The maximum absolute atomic E-state index is 12.4. The highest BCUT2D eigenvalue weighted by Crippen LogP contribution is 2.63. The summed E-state index contributed by atoms with van der Waals surface area (Å²) in [7, 11) is 0. The standard InChI is InChI=1S/C19H28O2/c1-18-9-7-13(20)11-12(18)3-4-14-15-5-6-17(21)19(15,2)10-8-16(14)18/h3,13-16,20H,4-11H2,1-2H3/t13-,14?,15?,16-,18-,19-/m0/s1. The van der Waals surface area contributed by atoms with Crippen LogP contribution in [0.5, 0.6) is 0 Å². The summed E-state index contributed by atoms with van der Waals surface area (Å²) in [6.45, 7) is 4.69. The molecule has 4 aliphatic carbocycles. The van der Waals surface area contributed by atoms with Crippen LogP contribution < -0.4 is 0 Å². The van der Waals surface area contributed by atoms with Crippen LogP contribution in [0.1, 0.15) is 65.2 Å². The minimum atomic E-state index is -0.122. The maximum Gasteiger partial charge on any atom is 0.139 e. The molecule has 0 heterocycles. The van der Waals surface area contributed by atoms with E-state index in [4.69, 9.17) is 0 Å². The number of rotatable bonds is 0. The fraction of sp³-hybridized carbons (Fsp3) is 0.842. The first-order chi connectivity index (χ1) is 9.95. The molecule has 0 aromatic carbocycles. The van der Waals surface area contributed by atoms with E-state index in [1.54, 1.807) is 0 Å². The number of aliphatic hydroxyl groups is 1. The highest BCUT2D eigenvalue weighted by molar-refractivity contribution is 5.87. The average molecular weight is 288 g/mol. The van der Waals surface area contributed by atoms with Gasteiger partial charge in [0, 0.05) is 11.8 Å². The van der Waals surface area contributed by atoms with Gasteiger partial charge < -0.3 is 5.11 Å². The lowest BCUT2D eigenvalue weighted by molar-refractivity contribution is -0.132. The molecule has 0 aromatic heterocycles. The molecule has 0 radical (unpaired) electrons. The molecule has 4 aliphatic rings. The van der Waals surface area contributed by atoms with Gasteiger partial charge in [0.15, 0.2) is 0 Å². The third-order valence-electron chi connectivity index (χ3n) is 7.79. The summed E-state index contributed by atoms with van der Waals surface area (Å²) in [6, 6.07) is 0. The highest BCUT2D eigenvalue weighted by Gasteiger charge is 2.58. The summed E-state index contributed by atoms with van der Waals surface area (Å²) >= 11 is 0. The Morgan fingerprint density at radius 2 is 1.81 bits per heavy atom. The highest BCUT2D eigenvalue weighted by atomic mass is 16.3. The van der Waals surface area contributed by atoms with Gasteiger partial charge in [-0.2, -0.15) is 0 Å². The quantitative estimate of drug-likeness (QED) is 0.687. The molecular weight excluding hydrogens is 260 g/mol. The Morgan fingerprint density at radius 3 is 2.62 bits per heavy atom. The SMILES string of the molecule is C[C@]12CC[C@H](O)CC1=CCC1C3CCC(=O)[C@@]3(C)CC[C@@H]12. The van der Waals surface area contributed by atoms with E-state index in [2.05, 4.69) is 19.9 Å². The van der Waals surface area contributed by atoms with Gasteiger partial charge >= 0.3 is 0 Å². The Morgan fingerprint density at radius 1 is 1.10 bits per heavy atom. The van der Waals surface area contributed by atoms with E-state index in [9.17, 15) is 9.90 Å². The van der Waals surface area contributed by atoms with Gasteiger partial charge in [0.25, 0.3) is 0 Å². The molecule has 4 rings (SSSR count). The second kappa shape index (κ2) is 4.44. The number of hydrogen-bond acceptors (Lipinski definition) is 2. The van der Waals surface area contributed by atoms with Crippen LogP contribution in [0.25, 0.3) is 0 Å². The molecule has 0 saturated heterocycles. The number of carbonyl (C=O) groups excluding carboxylic acids is 1. The number of aliphatic hydroxyl groups excluding tert-OH is 1. The van der Waals surface area contributed by atoms with E-state index in [1.807, 2.05) is 0 Å². The number of carbonyl (C=O) groups is 1. The minimum absolute atomic E-state index is 0.0168. The molecule has 6 atom stereocenters. The monoisotopic (exact) mass is 288 g/mol. The van der Waals surface area contributed by atoms with E-state index in [0.717, 1.165) is 50.9 Å². The molecule has 2 nitrogen and oxygen atoms in total. The lowest BCUT2D eigenvalue weighted by atomic mass is 9.48. The largest absolute Gasteiger partial charge is 0.393 e. The van der Waals surface area contributed by atoms with Gasteiger partial charge in [-0.1, -0.05) is 25.5 Å². The van der Waals surface area contributed by atoms with Crippen molar-refractivity contribution in [1.29, 1.82) is 0 Å². The third kappa shape index (κ3) is 1.78. The van der Waals surface area contributed by atoms with Crippen LogP contribution in [0.15, 0.2) is 11.6 Å². The molecule has 0 bridgehead atoms. The van der Waals surface area contributed by atoms with Gasteiger partial charge in [0.1, 0.15) is 5.78 Å². The first-order valence-electron chi connectivity index (χ1n) is 8.86.